The molecule has 0 spiro atoms. The van der Waals surface area contributed by atoms with Gasteiger partial charge in [-0.05, 0) is 83.8 Å². The fourth-order valence-electron chi connectivity index (χ4n) is 2.44. The molecule has 0 aliphatic carbocycles. The van der Waals surface area contributed by atoms with E-state index in [0.29, 0.717) is 0 Å². The molecule has 2 aromatic carbocycles. The summed E-state index contributed by atoms with van der Waals surface area (Å²) in [7, 11) is 0. The number of rotatable bonds is 5. The monoisotopic (exact) mass is 379 g/mol. The molecule has 0 aromatic heterocycles. The first-order valence-electron chi connectivity index (χ1n) is 7.18. The standard InChI is InChI=1S/C18H22IN/c1-4-12-20-18(15-8-10-16(19)11-9-15)17-7-5-6-13(2)14(17)3/h5-11,18,20H,4,12H2,1-3H3. The molecule has 0 heterocycles. The Morgan fingerprint density at radius 1 is 1.05 bits per heavy atom. The van der Waals surface area contributed by atoms with Crippen molar-refractivity contribution in [3.63, 3.8) is 0 Å². The van der Waals surface area contributed by atoms with Gasteiger partial charge >= 0.3 is 0 Å². The zero-order valence-electron chi connectivity index (χ0n) is 12.4. The van der Waals surface area contributed by atoms with Crippen LogP contribution in [0.4, 0.5) is 0 Å². The Balaban J connectivity index is 2.41. The van der Waals surface area contributed by atoms with Gasteiger partial charge in [-0.2, -0.15) is 0 Å². The molecule has 0 fully saturated rings. The van der Waals surface area contributed by atoms with E-state index in [1.807, 2.05) is 0 Å². The summed E-state index contributed by atoms with van der Waals surface area (Å²) in [6.07, 6.45) is 1.14. The number of aryl methyl sites for hydroxylation is 1. The van der Waals surface area contributed by atoms with E-state index in [2.05, 4.69) is 91.1 Å². The third kappa shape index (κ3) is 3.61. The van der Waals surface area contributed by atoms with Crippen LogP contribution in [0.5, 0.6) is 0 Å². The minimum absolute atomic E-state index is 0.284. The minimum atomic E-state index is 0.284. The Morgan fingerprint density at radius 2 is 1.75 bits per heavy atom. The third-order valence-electron chi connectivity index (χ3n) is 3.76. The van der Waals surface area contributed by atoms with Gasteiger partial charge in [-0.3, -0.25) is 0 Å². The second-order valence-electron chi connectivity index (χ2n) is 5.23. The lowest BCUT2D eigenvalue weighted by molar-refractivity contribution is 0.596. The largest absolute Gasteiger partial charge is 0.306 e. The van der Waals surface area contributed by atoms with Crippen molar-refractivity contribution in [2.45, 2.75) is 33.2 Å². The zero-order chi connectivity index (χ0) is 14.5. The van der Waals surface area contributed by atoms with E-state index in [1.165, 1.54) is 25.8 Å². The van der Waals surface area contributed by atoms with Crippen molar-refractivity contribution in [2.75, 3.05) is 6.54 Å². The van der Waals surface area contributed by atoms with Crippen molar-refractivity contribution in [2.24, 2.45) is 0 Å². The normalized spacial score (nSPS) is 12.4. The molecule has 0 radical (unpaired) electrons. The molecule has 0 amide bonds. The number of benzene rings is 2. The second-order valence-corrected chi connectivity index (χ2v) is 6.47. The maximum Gasteiger partial charge on any atom is 0.0579 e. The maximum absolute atomic E-state index is 3.69. The van der Waals surface area contributed by atoms with Crippen LogP contribution in [0.15, 0.2) is 42.5 Å². The topological polar surface area (TPSA) is 12.0 Å². The number of halogens is 1. The van der Waals surface area contributed by atoms with Crippen molar-refractivity contribution in [3.8, 4) is 0 Å². The quantitative estimate of drug-likeness (QED) is 0.722. The second kappa shape index (κ2) is 7.23. The van der Waals surface area contributed by atoms with Crippen LogP contribution >= 0.6 is 22.6 Å². The van der Waals surface area contributed by atoms with Crippen molar-refractivity contribution >= 4 is 22.6 Å². The van der Waals surface area contributed by atoms with Gasteiger partial charge in [-0.25, -0.2) is 0 Å². The summed E-state index contributed by atoms with van der Waals surface area (Å²) in [5.41, 5.74) is 5.48. The first-order chi connectivity index (χ1) is 9.63. The van der Waals surface area contributed by atoms with Gasteiger partial charge < -0.3 is 5.32 Å². The van der Waals surface area contributed by atoms with Crippen LogP contribution in [0.2, 0.25) is 0 Å². The highest BCUT2D eigenvalue weighted by Gasteiger charge is 2.15. The Labute approximate surface area is 135 Å². The van der Waals surface area contributed by atoms with Crippen LogP contribution in [0.25, 0.3) is 0 Å². The first kappa shape index (κ1) is 15.5. The molecule has 2 rings (SSSR count). The molecule has 106 valence electrons. The molecule has 20 heavy (non-hydrogen) atoms. The predicted molar refractivity (Wildman–Crippen MR) is 95.2 cm³/mol. The Bertz CT molecular complexity index is 560. The fraction of sp³-hybridized carbons (Fsp3) is 0.333. The van der Waals surface area contributed by atoms with Crippen LogP contribution in [0.1, 0.15) is 41.6 Å². The Kier molecular flexibility index (Phi) is 5.61. The van der Waals surface area contributed by atoms with Crippen molar-refractivity contribution < 1.29 is 0 Å². The summed E-state index contributed by atoms with van der Waals surface area (Å²) in [4.78, 5) is 0. The lowest BCUT2D eigenvalue weighted by Gasteiger charge is -2.22. The van der Waals surface area contributed by atoms with Gasteiger partial charge in [0, 0.05) is 3.57 Å². The van der Waals surface area contributed by atoms with Crippen molar-refractivity contribution in [3.05, 3.63) is 68.3 Å². The van der Waals surface area contributed by atoms with Crippen LogP contribution in [-0.4, -0.2) is 6.54 Å². The minimum Gasteiger partial charge on any atom is -0.306 e. The average molecular weight is 379 g/mol. The molecule has 0 aliphatic rings. The highest BCUT2D eigenvalue weighted by molar-refractivity contribution is 14.1. The van der Waals surface area contributed by atoms with Gasteiger partial charge in [0.15, 0.2) is 0 Å². The van der Waals surface area contributed by atoms with Gasteiger partial charge in [0.05, 0.1) is 6.04 Å². The lowest BCUT2D eigenvalue weighted by Crippen LogP contribution is -2.24. The van der Waals surface area contributed by atoms with E-state index < -0.39 is 0 Å². The van der Waals surface area contributed by atoms with Gasteiger partial charge in [0.1, 0.15) is 0 Å². The zero-order valence-corrected chi connectivity index (χ0v) is 14.6. The van der Waals surface area contributed by atoms with Crippen LogP contribution < -0.4 is 5.32 Å². The van der Waals surface area contributed by atoms with Crippen molar-refractivity contribution in [1.82, 2.24) is 5.32 Å². The van der Waals surface area contributed by atoms with E-state index >= 15 is 0 Å². The van der Waals surface area contributed by atoms with Gasteiger partial charge in [0.2, 0.25) is 0 Å². The summed E-state index contributed by atoms with van der Waals surface area (Å²) in [5.74, 6) is 0. The maximum atomic E-state index is 3.69. The van der Waals surface area contributed by atoms with E-state index in [4.69, 9.17) is 0 Å². The highest BCUT2D eigenvalue weighted by Crippen LogP contribution is 2.27. The molecule has 2 aromatic rings. The molecule has 1 nitrogen and oxygen atoms in total. The molecule has 0 aliphatic heterocycles. The fourth-order valence-corrected chi connectivity index (χ4v) is 2.80. The molecule has 0 saturated heterocycles. The SMILES string of the molecule is CCCNC(c1ccc(I)cc1)c1cccc(C)c1C. The highest BCUT2D eigenvalue weighted by atomic mass is 127. The summed E-state index contributed by atoms with van der Waals surface area (Å²) in [5, 5.41) is 3.69. The molecule has 2 heteroatoms. The number of hydrogen-bond donors (Lipinski definition) is 1. The van der Waals surface area contributed by atoms with Crippen molar-refractivity contribution in [1.29, 1.82) is 0 Å². The molecule has 1 N–H and O–H groups in total. The first-order valence-corrected chi connectivity index (χ1v) is 8.26. The molecular weight excluding hydrogens is 357 g/mol. The molecular formula is C18H22IN. The predicted octanol–water partition coefficient (Wildman–Crippen LogP) is 5.00. The van der Waals surface area contributed by atoms with Crippen LogP contribution in [0.3, 0.4) is 0 Å². The molecule has 0 saturated carbocycles. The Hall–Kier alpha value is -0.870. The van der Waals surface area contributed by atoms with E-state index in [1.54, 1.807) is 0 Å². The average Bonchev–Trinajstić information content (AvgIpc) is 2.45. The number of hydrogen-bond acceptors (Lipinski definition) is 1. The lowest BCUT2D eigenvalue weighted by atomic mass is 9.92. The summed E-state index contributed by atoms with van der Waals surface area (Å²) >= 11 is 2.35. The summed E-state index contributed by atoms with van der Waals surface area (Å²) in [6.45, 7) is 7.65. The van der Waals surface area contributed by atoms with Crippen LogP contribution in [0, 0.1) is 17.4 Å². The third-order valence-corrected chi connectivity index (χ3v) is 4.48. The summed E-state index contributed by atoms with van der Waals surface area (Å²) < 4.78 is 1.28. The van der Waals surface area contributed by atoms with E-state index in [-0.39, 0.29) is 6.04 Å². The van der Waals surface area contributed by atoms with Gasteiger partial charge in [-0.1, -0.05) is 37.3 Å². The van der Waals surface area contributed by atoms with Crippen LogP contribution in [-0.2, 0) is 0 Å². The van der Waals surface area contributed by atoms with E-state index in [0.717, 1.165) is 13.0 Å². The molecule has 1 unspecified atom stereocenters. The number of nitrogens with one attached hydrogen (secondary N) is 1. The molecule has 1 atom stereocenters. The van der Waals surface area contributed by atoms with E-state index in [9.17, 15) is 0 Å². The van der Waals surface area contributed by atoms with Gasteiger partial charge in [0.25, 0.3) is 0 Å². The molecule has 0 bridgehead atoms. The summed E-state index contributed by atoms with van der Waals surface area (Å²) in [6, 6.07) is 15.7. The van der Waals surface area contributed by atoms with Gasteiger partial charge in [-0.15, -0.1) is 0 Å². The smallest absolute Gasteiger partial charge is 0.0579 e. The Morgan fingerprint density at radius 3 is 2.40 bits per heavy atom.